The van der Waals surface area contributed by atoms with Gasteiger partial charge in [-0.1, -0.05) is 19.8 Å². The number of likely N-dealkylation sites (N-methyl/N-ethyl adjacent to an activating group) is 1. The van der Waals surface area contributed by atoms with Gasteiger partial charge in [0.25, 0.3) is 0 Å². The average Bonchev–Trinajstić information content (AvgIpc) is 3.08. The van der Waals surface area contributed by atoms with Crippen LogP contribution in [0.15, 0.2) is 0 Å². The number of halogens is 1. The van der Waals surface area contributed by atoms with E-state index in [-0.39, 0.29) is 42.1 Å². The molecule has 0 aromatic carbocycles. The van der Waals surface area contributed by atoms with Gasteiger partial charge in [0, 0.05) is 30.5 Å². The van der Waals surface area contributed by atoms with Crippen LogP contribution in [0.4, 0.5) is 0 Å². The molecule has 0 heterocycles. The first-order valence-electron chi connectivity index (χ1n) is 9.41. The number of rotatable bonds is 7. The molecule has 5 nitrogen and oxygen atoms in total. The van der Waals surface area contributed by atoms with Crippen molar-refractivity contribution in [1.82, 2.24) is 16.0 Å². The molecular formula is C18H34ClN3O2. The summed E-state index contributed by atoms with van der Waals surface area (Å²) in [4.78, 5) is 24.4. The highest BCUT2D eigenvalue weighted by Crippen LogP contribution is 2.27. The molecule has 0 unspecified atom stereocenters. The monoisotopic (exact) mass is 359 g/mol. The van der Waals surface area contributed by atoms with Crippen LogP contribution in [0.25, 0.3) is 0 Å². The fourth-order valence-electron chi connectivity index (χ4n) is 3.83. The summed E-state index contributed by atoms with van der Waals surface area (Å²) in [5.74, 6) is 0.775. The molecule has 2 amide bonds. The smallest absolute Gasteiger partial charge is 0.223 e. The molecule has 140 valence electrons. The van der Waals surface area contributed by atoms with Gasteiger partial charge in [-0.25, -0.2) is 0 Å². The first-order valence-corrected chi connectivity index (χ1v) is 9.41. The Bertz CT molecular complexity index is 392. The zero-order chi connectivity index (χ0) is 16.7. The molecule has 0 spiro atoms. The van der Waals surface area contributed by atoms with E-state index in [9.17, 15) is 9.59 Å². The fraction of sp³-hybridized carbons (Fsp3) is 0.889. The van der Waals surface area contributed by atoms with Gasteiger partial charge in [-0.3, -0.25) is 9.59 Å². The Labute approximate surface area is 152 Å². The second kappa shape index (κ2) is 10.9. The summed E-state index contributed by atoms with van der Waals surface area (Å²) in [7, 11) is 0. The number of carbonyl (C=O) groups excluding carboxylic acids is 2. The van der Waals surface area contributed by atoms with Crippen LogP contribution in [-0.2, 0) is 9.59 Å². The van der Waals surface area contributed by atoms with E-state index >= 15 is 0 Å². The third-order valence-corrected chi connectivity index (χ3v) is 5.31. The van der Waals surface area contributed by atoms with E-state index in [0.29, 0.717) is 12.6 Å². The van der Waals surface area contributed by atoms with Crippen LogP contribution >= 0.6 is 12.4 Å². The van der Waals surface area contributed by atoms with Gasteiger partial charge < -0.3 is 16.0 Å². The van der Waals surface area contributed by atoms with E-state index in [1.54, 1.807) is 0 Å². The van der Waals surface area contributed by atoms with Gasteiger partial charge in [0.2, 0.25) is 11.8 Å². The summed E-state index contributed by atoms with van der Waals surface area (Å²) in [5.41, 5.74) is 0. The van der Waals surface area contributed by atoms with E-state index in [1.807, 2.05) is 0 Å². The third-order valence-electron chi connectivity index (χ3n) is 5.31. The van der Waals surface area contributed by atoms with E-state index in [0.717, 1.165) is 45.1 Å². The molecule has 0 aromatic rings. The molecule has 0 bridgehead atoms. The highest BCUT2D eigenvalue weighted by Gasteiger charge is 2.29. The van der Waals surface area contributed by atoms with Crippen molar-refractivity contribution in [1.29, 1.82) is 0 Å². The molecule has 0 saturated heterocycles. The minimum absolute atomic E-state index is 0. The Balaban J connectivity index is 0.00000288. The molecule has 2 rings (SSSR count). The molecule has 0 aliphatic heterocycles. The first-order chi connectivity index (χ1) is 11.1. The van der Waals surface area contributed by atoms with Crippen LogP contribution in [0.2, 0.25) is 0 Å². The van der Waals surface area contributed by atoms with E-state index in [4.69, 9.17) is 0 Å². The van der Waals surface area contributed by atoms with Crippen LogP contribution in [-0.4, -0.2) is 37.0 Å². The SMILES string of the molecule is CCN[C@H](C)CNC(=O)C1CCC(NC(=O)C2CCCC2)CC1.Cl. The van der Waals surface area contributed by atoms with Gasteiger partial charge >= 0.3 is 0 Å². The van der Waals surface area contributed by atoms with E-state index < -0.39 is 0 Å². The molecule has 24 heavy (non-hydrogen) atoms. The van der Waals surface area contributed by atoms with Crippen molar-refractivity contribution < 1.29 is 9.59 Å². The fourth-order valence-corrected chi connectivity index (χ4v) is 3.83. The summed E-state index contributed by atoms with van der Waals surface area (Å²) in [6, 6.07) is 0.582. The summed E-state index contributed by atoms with van der Waals surface area (Å²) < 4.78 is 0. The molecule has 0 radical (unpaired) electrons. The standard InChI is InChI=1S/C18H33N3O2.ClH/c1-3-19-13(2)12-20-17(22)15-8-10-16(11-9-15)21-18(23)14-6-4-5-7-14;/h13-16,19H,3-12H2,1-2H3,(H,20,22)(H,21,23);1H/t13-,15?,16?;/m1./s1. The van der Waals surface area contributed by atoms with Crippen LogP contribution in [0.3, 0.4) is 0 Å². The normalized spacial score (nSPS) is 25.6. The quantitative estimate of drug-likeness (QED) is 0.653. The molecule has 2 saturated carbocycles. The maximum atomic E-state index is 12.2. The highest BCUT2D eigenvalue weighted by atomic mass is 35.5. The molecule has 6 heteroatoms. The van der Waals surface area contributed by atoms with E-state index in [1.165, 1.54) is 12.8 Å². The number of amides is 2. The first kappa shape index (κ1) is 21.2. The molecule has 0 aromatic heterocycles. The molecule has 3 N–H and O–H groups in total. The predicted octanol–water partition coefficient (Wildman–Crippen LogP) is 2.39. The minimum Gasteiger partial charge on any atom is -0.354 e. The van der Waals surface area contributed by atoms with Crippen LogP contribution in [0.5, 0.6) is 0 Å². The lowest BCUT2D eigenvalue weighted by molar-refractivity contribution is -0.126. The second-order valence-corrected chi connectivity index (χ2v) is 7.24. The summed E-state index contributed by atoms with van der Waals surface area (Å²) in [5, 5.41) is 9.55. The van der Waals surface area contributed by atoms with Gasteiger partial charge in [-0.05, 0) is 52.0 Å². The molecule has 2 aliphatic rings. The van der Waals surface area contributed by atoms with Crippen molar-refractivity contribution in [2.24, 2.45) is 11.8 Å². The zero-order valence-electron chi connectivity index (χ0n) is 15.1. The Morgan fingerprint density at radius 3 is 2.12 bits per heavy atom. The molecule has 2 aliphatic carbocycles. The minimum atomic E-state index is 0. The van der Waals surface area contributed by atoms with Crippen molar-refractivity contribution in [2.75, 3.05) is 13.1 Å². The Morgan fingerprint density at radius 2 is 1.54 bits per heavy atom. The Hall–Kier alpha value is -0.810. The average molecular weight is 360 g/mol. The van der Waals surface area contributed by atoms with Crippen molar-refractivity contribution >= 4 is 24.2 Å². The van der Waals surface area contributed by atoms with Crippen molar-refractivity contribution in [3.05, 3.63) is 0 Å². The van der Waals surface area contributed by atoms with Crippen molar-refractivity contribution in [2.45, 2.75) is 77.3 Å². The van der Waals surface area contributed by atoms with Crippen LogP contribution in [0, 0.1) is 11.8 Å². The lowest BCUT2D eigenvalue weighted by Gasteiger charge is -2.29. The van der Waals surface area contributed by atoms with Crippen molar-refractivity contribution in [3.63, 3.8) is 0 Å². The highest BCUT2D eigenvalue weighted by molar-refractivity contribution is 5.85. The summed E-state index contributed by atoms with van der Waals surface area (Å²) in [6.45, 7) is 5.76. The van der Waals surface area contributed by atoms with Gasteiger partial charge in [-0.2, -0.15) is 0 Å². The molecule has 1 atom stereocenters. The zero-order valence-corrected chi connectivity index (χ0v) is 15.9. The van der Waals surface area contributed by atoms with E-state index in [2.05, 4.69) is 29.8 Å². The van der Waals surface area contributed by atoms with Crippen molar-refractivity contribution in [3.8, 4) is 0 Å². The van der Waals surface area contributed by atoms with Crippen LogP contribution in [0.1, 0.15) is 65.2 Å². The van der Waals surface area contributed by atoms with Gasteiger partial charge in [-0.15, -0.1) is 12.4 Å². The molecule has 2 fully saturated rings. The predicted molar refractivity (Wildman–Crippen MR) is 99.2 cm³/mol. The lowest BCUT2D eigenvalue weighted by Crippen LogP contribution is -2.44. The Kier molecular flexibility index (Phi) is 9.67. The van der Waals surface area contributed by atoms with Crippen LogP contribution < -0.4 is 16.0 Å². The Morgan fingerprint density at radius 1 is 0.958 bits per heavy atom. The second-order valence-electron chi connectivity index (χ2n) is 7.24. The summed E-state index contributed by atoms with van der Waals surface area (Å²) >= 11 is 0. The topological polar surface area (TPSA) is 70.2 Å². The maximum absolute atomic E-state index is 12.2. The number of carbonyl (C=O) groups is 2. The van der Waals surface area contributed by atoms with Gasteiger partial charge in [0.15, 0.2) is 0 Å². The number of hydrogen-bond acceptors (Lipinski definition) is 3. The lowest BCUT2D eigenvalue weighted by atomic mass is 9.85. The largest absolute Gasteiger partial charge is 0.354 e. The maximum Gasteiger partial charge on any atom is 0.223 e. The van der Waals surface area contributed by atoms with Gasteiger partial charge in [0.05, 0.1) is 0 Å². The third kappa shape index (κ3) is 6.60. The van der Waals surface area contributed by atoms with Gasteiger partial charge in [0.1, 0.15) is 0 Å². The molecular weight excluding hydrogens is 326 g/mol. The summed E-state index contributed by atoms with van der Waals surface area (Å²) in [6.07, 6.45) is 8.11. The number of hydrogen-bond donors (Lipinski definition) is 3. The number of nitrogens with one attached hydrogen (secondary N) is 3.